The van der Waals surface area contributed by atoms with Crippen LogP contribution in [-0.2, 0) is 26.1 Å². The number of rotatable bonds is 7. The lowest BCUT2D eigenvalue weighted by Crippen LogP contribution is -2.06. The van der Waals surface area contributed by atoms with Crippen LogP contribution in [0.1, 0.15) is 25.3 Å². The lowest BCUT2D eigenvalue weighted by molar-refractivity contribution is 0.600. The summed E-state index contributed by atoms with van der Waals surface area (Å²) in [4.78, 5) is -0.0566. The van der Waals surface area contributed by atoms with E-state index in [1.54, 1.807) is 0 Å². The van der Waals surface area contributed by atoms with Gasteiger partial charge in [0.15, 0.2) is 19.7 Å². The second-order valence-corrected chi connectivity index (χ2v) is 10.1. The molecule has 0 saturated heterocycles. The van der Waals surface area contributed by atoms with Crippen LogP contribution in [0.4, 0.5) is 11.4 Å². The van der Waals surface area contributed by atoms with Crippen LogP contribution in [0.25, 0.3) is 0 Å². The van der Waals surface area contributed by atoms with E-state index in [4.69, 9.17) is 0 Å². The van der Waals surface area contributed by atoms with Gasteiger partial charge in [-0.05, 0) is 48.7 Å². The average molecular weight is 382 g/mol. The van der Waals surface area contributed by atoms with Crippen molar-refractivity contribution in [2.75, 3.05) is 17.8 Å². The summed E-state index contributed by atoms with van der Waals surface area (Å²) in [5.41, 5.74) is 2.33. The van der Waals surface area contributed by atoms with Crippen LogP contribution in [0.2, 0.25) is 0 Å². The molecule has 2 rings (SSSR count). The third-order valence-electron chi connectivity index (χ3n) is 3.83. The first-order chi connectivity index (χ1) is 11.6. The van der Waals surface area contributed by atoms with Crippen LogP contribution in [0.3, 0.4) is 0 Å². The molecule has 0 radical (unpaired) electrons. The molecule has 0 unspecified atom stereocenters. The standard InChI is InChI=1S/C18H23NO4S2/c1-4-5-6-14-7-9-15(10-8-14)19-17-12-11-16(24(2,20)21)13-18(17)25(3,22)23/h7-13,19H,4-6H2,1-3H3. The number of anilines is 2. The molecular formula is C18H23NO4S2. The van der Waals surface area contributed by atoms with E-state index in [0.29, 0.717) is 5.69 Å². The van der Waals surface area contributed by atoms with Crippen molar-refractivity contribution >= 4 is 31.0 Å². The predicted molar refractivity (Wildman–Crippen MR) is 101 cm³/mol. The van der Waals surface area contributed by atoms with Crippen LogP contribution in [0, 0.1) is 0 Å². The molecule has 136 valence electrons. The summed E-state index contributed by atoms with van der Waals surface area (Å²) in [6, 6.07) is 11.9. The number of sulfone groups is 2. The lowest BCUT2D eigenvalue weighted by atomic mass is 10.1. The Hall–Kier alpha value is -1.86. The zero-order valence-corrected chi connectivity index (χ0v) is 16.2. The molecule has 2 aromatic rings. The molecule has 0 fully saturated rings. The van der Waals surface area contributed by atoms with Crippen molar-refractivity contribution in [2.45, 2.75) is 36.0 Å². The maximum absolute atomic E-state index is 12.1. The molecule has 0 amide bonds. The van der Waals surface area contributed by atoms with Crippen molar-refractivity contribution in [3.8, 4) is 0 Å². The van der Waals surface area contributed by atoms with Crippen molar-refractivity contribution < 1.29 is 16.8 Å². The summed E-state index contributed by atoms with van der Waals surface area (Å²) < 4.78 is 47.5. The first-order valence-corrected chi connectivity index (χ1v) is 11.8. The first kappa shape index (κ1) is 19.5. The summed E-state index contributed by atoms with van der Waals surface area (Å²) in [7, 11) is -7.07. The molecule has 0 saturated carbocycles. The van der Waals surface area contributed by atoms with Gasteiger partial charge >= 0.3 is 0 Å². The molecule has 0 spiro atoms. The molecule has 0 bridgehead atoms. The number of benzene rings is 2. The van der Waals surface area contributed by atoms with Crippen LogP contribution in [0.5, 0.6) is 0 Å². The minimum atomic E-state index is -3.58. The molecule has 7 heteroatoms. The van der Waals surface area contributed by atoms with Crippen LogP contribution < -0.4 is 5.32 Å². The Kier molecular flexibility index (Phi) is 5.90. The van der Waals surface area contributed by atoms with Crippen molar-refractivity contribution in [1.29, 1.82) is 0 Å². The van der Waals surface area contributed by atoms with E-state index in [1.165, 1.54) is 23.8 Å². The van der Waals surface area contributed by atoms with Crippen LogP contribution in [0.15, 0.2) is 52.3 Å². The van der Waals surface area contributed by atoms with Crippen LogP contribution in [-0.4, -0.2) is 29.3 Å². The normalized spacial score (nSPS) is 12.1. The van der Waals surface area contributed by atoms with Gasteiger partial charge in [0.05, 0.1) is 15.5 Å². The molecule has 2 aromatic carbocycles. The predicted octanol–water partition coefficient (Wildman–Crippen LogP) is 3.58. The van der Waals surface area contributed by atoms with Crippen molar-refractivity contribution in [1.82, 2.24) is 0 Å². The van der Waals surface area contributed by atoms with E-state index >= 15 is 0 Å². The second kappa shape index (κ2) is 7.58. The minimum absolute atomic E-state index is 0.0200. The van der Waals surface area contributed by atoms with Gasteiger partial charge in [-0.25, -0.2) is 16.8 Å². The van der Waals surface area contributed by atoms with E-state index < -0.39 is 19.7 Å². The molecule has 0 atom stereocenters. The molecule has 0 aliphatic heterocycles. The fraction of sp³-hybridized carbons (Fsp3) is 0.333. The van der Waals surface area contributed by atoms with Gasteiger partial charge in [-0.15, -0.1) is 0 Å². The third kappa shape index (κ3) is 5.31. The van der Waals surface area contributed by atoms with Gasteiger partial charge in [-0.3, -0.25) is 0 Å². The number of unbranched alkanes of at least 4 members (excludes halogenated alkanes) is 1. The SMILES string of the molecule is CCCCc1ccc(Nc2ccc(S(C)(=O)=O)cc2S(C)(=O)=O)cc1. The van der Waals surface area contributed by atoms with Gasteiger partial charge in [0.2, 0.25) is 0 Å². The second-order valence-electron chi connectivity index (χ2n) is 6.13. The number of hydrogen-bond donors (Lipinski definition) is 1. The fourth-order valence-corrected chi connectivity index (χ4v) is 4.02. The number of hydrogen-bond acceptors (Lipinski definition) is 5. The quantitative estimate of drug-likeness (QED) is 0.793. The zero-order valence-electron chi connectivity index (χ0n) is 14.6. The highest BCUT2D eigenvalue weighted by Gasteiger charge is 2.18. The van der Waals surface area contributed by atoms with E-state index in [1.807, 2.05) is 24.3 Å². The van der Waals surface area contributed by atoms with Gasteiger partial charge < -0.3 is 5.32 Å². The largest absolute Gasteiger partial charge is 0.354 e. The topological polar surface area (TPSA) is 80.3 Å². The number of nitrogens with one attached hydrogen (secondary N) is 1. The molecule has 0 aliphatic rings. The van der Waals surface area contributed by atoms with Crippen molar-refractivity contribution in [2.24, 2.45) is 0 Å². The summed E-state index contributed by atoms with van der Waals surface area (Å²) in [5.74, 6) is 0. The Morgan fingerprint density at radius 2 is 1.52 bits per heavy atom. The average Bonchev–Trinajstić information content (AvgIpc) is 2.52. The van der Waals surface area contributed by atoms with Gasteiger partial charge in [-0.1, -0.05) is 25.5 Å². The lowest BCUT2D eigenvalue weighted by Gasteiger charge is -2.13. The zero-order chi connectivity index (χ0) is 18.7. The Labute approximate surface area is 149 Å². The molecule has 0 heterocycles. The smallest absolute Gasteiger partial charge is 0.177 e. The van der Waals surface area contributed by atoms with E-state index in [0.717, 1.165) is 37.5 Å². The summed E-state index contributed by atoms with van der Waals surface area (Å²) in [6.45, 7) is 2.14. The molecule has 1 N–H and O–H groups in total. The Morgan fingerprint density at radius 3 is 2.04 bits per heavy atom. The maximum Gasteiger partial charge on any atom is 0.177 e. The number of aryl methyl sites for hydroxylation is 1. The minimum Gasteiger partial charge on any atom is -0.354 e. The monoisotopic (exact) mass is 381 g/mol. The highest BCUT2D eigenvalue weighted by molar-refractivity contribution is 7.91. The highest BCUT2D eigenvalue weighted by Crippen LogP contribution is 2.28. The van der Waals surface area contributed by atoms with Crippen molar-refractivity contribution in [3.63, 3.8) is 0 Å². The van der Waals surface area contributed by atoms with Gasteiger partial charge in [0.1, 0.15) is 0 Å². The molecular weight excluding hydrogens is 358 g/mol. The maximum atomic E-state index is 12.1. The van der Waals surface area contributed by atoms with Gasteiger partial charge in [-0.2, -0.15) is 0 Å². The summed E-state index contributed by atoms with van der Waals surface area (Å²) in [6.07, 6.45) is 5.38. The Balaban J connectivity index is 2.36. The Bertz CT molecular complexity index is 947. The molecule has 25 heavy (non-hydrogen) atoms. The van der Waals surface area contributed by atoms with E-state index in [-0.39, 0.29) is 9.79 Å². The van der Waals surface area contributed by atoms with Crippen LogP contribution >= 0.6 is 0 Å². The van der Waals surface area contributed by atoms with Crippen molar-refractivity contribution in [3.05, 3.63) is 48.0 Å². The summed E-state index contributed by atoms with van der Waals surface area (Å²) in [5, 5.41) is 3.07. The molecule has 0 aromatic heterocycles. The summed E-state index contributed by atoms with van der Waals surface area (Å²) >= 11 is 0. The Morgan fingerprint density at radius 1 is 0.880 bits per heavy atom. The third-order valence-corrected chi connectivity index (χ3v) is 6.08. The van der Waals surface area contributed by atoms with Gasteiger partial charge in [0.25, 0.3) is 0 Å². The fourth-order valence-electron chi connectivity index (χ4n) is 2.43. The highest BCUT2D eigenvalue weighted by atomic mass is 32.2. The molecule has 0 aliphatic carbocycles. The van der Waals surface area contributed by atoms with E-state index in [9.17, 15) is 16.8 Å². The molecule has 5 nitrogen and oxygen atoms in total. The van der Waals surface area contributed by atoms with Gasteiger partial charge in [0, 0.05) is 18.2 Å². The van der Waals surface area contributed by atoms with E-state index in [2.05, 4.69) is 12.2 Å². The first-order valence-electron chi connectivity index (χ1n) is 8.01.